The summed E-state index contributed by atoms with van der Waals surface area (Å²) in [6.07, 6.45) is -1.35. The summed E-state index contributed by atoms with van der Waals surface area (Å²) in [6, 6.07) is 27.8. The molecule has 1 fully saturated rings. The van der Waals surface area contributed by atoms with Crippen molar-refractivity contribution in [1.82, 2.24) is 10.6 Å². The smallest absolute Gasteiger partial charge is 0.265 e. The van der Waals surface area contributed by atoms with Crippen LogP contribution >= 0.6 is 11.6 Å². The van der Waals surface area contributed by atoms with Gasteiger partial charge in [-0.1, -0.05) is 83.9 Å². The number of carbonyl (C=O) groups excluding carboxylic acids is 3. The fraction of sp³-hybridized carbons (Fsp3) is 0.270. The van der Waals surface area contributed by atoms with Crippen molar-refractivity contribution in [3.63, 3.8) is 0 Å². The maximum Gasteiger partial charge on any atom is 0.265 e. The summed E-state index contributed by atoms with van der Waals surface area (Å²) in [5.41, 5.74) is -3.26. The number of aryl methyl sites for hydroxylation is 1. The number of Topliss-reactive ketones (excluding diaryl/α,β-unsaturated/α-hetero) is 1. The van der Waals surface area contributed by atoms with Crippen molar-refractivity contribution in [3.8, 4) is 5.75 Å². The molecule has 1 spiro atoms. The van der Waals surface area contributed by atoms with Gasteiger partial charge in [-0.25, -0.2) is 0 Å². The predicted octanol–water partition coefficient (Wildman–Crippen LogP) is 5.54. The number of fused-ring (bicyclic) bond motifs is 1. The van der Waals surface area contributed by atoms with E-state index < -0.39 is 46.4 Å². The number of amides is 2. The molecule has 0 saturated carbocycles. The Labute approximate surface area is 273 Å². The van der Waals surface area contributed by atoms with Gasteiger partial charge in [0.05, 0.1) is 5.56 Å². The monoisotopic (exact) mass is 637 g/mol. The van der Waals surface area contributed by atoms with Crippen LogP contribution in [0.1, 0.15) is 47.8 Å². The third kappa shape index (κ3) is 5.07. The van der Waals surface area contributed by atoms with Crippen LogP contribution in [0.15, 0.2) is 103 Å². The van der Waals surface area contributed by atoms with Crippen LogP contribution in [0, 0.1) is 12.3 Å². The van der Waals surface area contributed by atoms with Crippen molar-refractivity contribution >= 4 is 34.9 Å². The zero-order chi connectivity index (χ0) is 32.9. The lowest BCUT2D eigenvalue weighted by molar-refractivity contribution is -0.156. The number of nitrogens with zero attached hydrogens (tertiary/aromatic N) is 1. The quantitative estimate of drug-likeness (QED) is 0.256. The first-order valence-corrected chi connectivity index (χ1v) is 15.5. The van der Waals surface area contributed by atoms with Gasteiger partial charge in [-0.3, -0.25) is 24.6 Å². The normalized spacial score (nSPS) is 24.1. The topological polar surface area (TPSA) is 108 Å². The molecular weight excluding hydrogens is 602 g/mol. The Bertz CT molecular complexity index is 1810. The summed E-state index contributed by atoms with van der Waals surface area (Å²) < 4.78 is 6.62. The van der Waals surface area contributed by atoms with Gasteiger partial charge in [0, 0.05) is 22.8 Å². The van der Waals surface area contributed by atoms with E-state index in [2.05, 4.69) is 10.6 Å². The van der Waals surface area contributed by atoms with Gasteiger partial charge < -0.3 is 15.2 Å². The number of hydrogen-bond acceptors (Lipinski definition) is 6. The summed E-state index contributed by atoms with van der Waals surface area (Å²) in [5, 5.41) is 20.0. The number of benzene rings is 4. The lowest BCUT2D eigenvalue weighted by atomic mass is 9.60. The molecule has 0 radical (unpaired) electrons. The molecule has 0 unspecified atom stereocenters. The fourth-order valence-corrected chi connectivity index (χ4v) is 6.91. The Morgan fingerprint density at radius 2 is 1.61 bits per heavy atom. The first-order chi connectivity index (χ1) is 21.9. The van der Waals surface area contributed by atoms with E-state index in [0.29, 0.717) is 10.7 Å². The number of ether oxygens (including phenoxy) is 1. The second-order valence-corrected chi connectivity index (χ2v) is 13.4. The van der Waals surface area contributed by atoms with E-state index in [1.54, 1.807) is 91.0 Å². The standard InChI is InChI=1S/C37H36ClN3O5/c1-23-18-19-29-28(20-23)31(42)36(33(46-29)39-22-24-12-11-15-26(38)21-24)30(32(43)40-35(2,3)4)41(27-16-9-6-10-17-27)34(44)37(36,45)25-13-7-5-8-14-25/h5-21,30,33,39,45H,22H2,1-4H3,(H,40,43)/t30-,33+,36+,37-/m1/s1. The van der Waals surface area contributed by atoms with Crippen molar-refractivity contribution in [3.05, 3.63) is 130 Å². The van der Waals surface area contributed by atoms with Gasteiger partial charge in [0.25, 0.3) is 5.91 Å². The van der Waals surface area contributed by atoms with Crippen LogP contribution in [0.3, 0.4) is 0 Å². The van der Waals surface area contributed by atoms with E-state index in [0.717, 1.165) is 11.1 Å². The number of carbonyl (C=O) groups is 3. The number of ketones is 1. The van der Waals surface area contributed by atoms with Gasteiger partial charge in [-0.15, -0.1) is 0 Å². The minimum absolute atomic E-state index is 0.152. The average Bonchev–Trinajstić information content (AvgIpc) is 3.24. The number of halogens is 1. The summed E-state index contributed by atoms with van der Waals surface area (Å²) >= 11 is 6.29. The van der Waals surface area contributed by atoms with Gasteiger partial charge in [-0.05, 0) is 75.2 Å². The van der Waals surface area contributed by atoms with E-state index in [-0.39, 0.29) is 23.4 Å². The molecule has 2 amide bonds. The largest absolute Gasteiger partial charge is 0.473 e. The molecule has 2 heterocycles. The first-order valence-electron chi connectivity index (χ1n) is 15.2. The van der Waals surface area contributed by atoms with Crippen LogP contribution in [0.2, 0.25) is 5.02 Å². The fourth-order valence-electron chi connectivity index (χ4n) is 6.70. The maximum absolute atomic E-state index is 15.4. The molecule has 46 heavy (non-hydrogen) atoms. The van der Waals surface area contributed by atoms with Gasteiger partial charge in [0.15, 0.2) is 23.0 Å². The van der Waals surface area contributed by atoms with E-state index in [1.165, 1.54) is 4.90 Å². The van der Waals surface area contributed by atoms with Crippen molar-refractivity contribution < 1.29 is 24.2 Å². The summed E-state index contributed by atoms with van der Waals surface area (Å²) in [7, 11) is 0. The van der Waals surface area contributed by atoms with Gasteiger partial charge in [0.2, 0.25) is 5.91 Å². The Balaban J connectivity index is 1.68. The Kier molecular flexibility index (Phi) is 8.01. The number of rotatable bonds is 6. The number of nitrogens with one attached hydrogen (secondary N) is 2. The summed E-state index contributed by atoms with van der Waals surface area (Å²) in [6.45, 7) is 7.44. The zero-order valence-corrected chi connectivity index (χ0v) is 26.8. The van der Waals surface area contributed by atoms with E-state index in [9.17, 15) is 9.90 Å². The van der Waals surface area contributed by atoms with Crippen LogP contribution in [0.25, 0.3) is 0 Å². The van der Waals surface area contributed by atoms with Gasteiger partial charge >= 0.3 is 0 Å². The van der Waals surface area contributed by atoms with Crippen LogP contribution < -0.4 is 20.3 Å². The van der Waals surface area contributed by atoms with Crippen LogP contribution in [0.5, 0.6) is 5.75 Å². The van der Waals surface area contributed by atoms with Crippen molar-refractivity contribution in [2.75, 3.05) is 4.90 Å². The highest BCUT2D eigenvalue weighted by Gasteiger charge is 2.79. The maximum atomic E-state index is 15.4. The van der Waals surface area contributed by atoms with Crippen LogP contribution in [-0.2, 0) is 21.7 Å². The third-order valence-electron chi connectivity index (χ3n) is 8.58. The molecule has 3 N–H and O–H groups in total. The Hall–Kier alpha value is -4.50. The molecule has 4 aromatic carbocycles. The molecule has 0 aromatic heterocycles. The molecule has 8 nitrogen and oxygen atoms in total. The highest BCUT2D eigenvalue weighted by atomic mass is 35.5. The van der Waals surface area contributed by atoms with Crippen molar-refractivity contribution in [1.29, 1.82) is 0 Å². The minimum Gasteiger partial charge on any atom is -0.473 e. The summed E-state index contributed by atoms with van der Waals surface area (Å²) in [4.78, 5) is 46.4. The van der Waals surface area contributed by atoms with Crippen molar-refractivity contribution in [2.45, 2.75) is 57.6 Å². The zero-order valence-electron chi connectivity index (χ0n) is 26.1. The van der Waals surface area contributed by atoms with Crippen LogP contribution in [-0.4, -0.2) is 40.5 Å². The first kappa shape index (κ1) is 31.5. The van der Waals surface area contributed by atoms with E-state index in [1.807, 2.05) is 39.8 Å². The molecule has 9 heteroatoms. The lowest BCUT2D eigenvalue weighted by Gasteiger charge is -2.49. The minimum atomic E-state index is -2.55. The number of aliphatic hydroxyl groups is 1. The summed E-state index contributed by atoms with van der Waals surface area (Å²) in [5.74, 6) is -1.74. The van der Waals surface area contributed by atoms with Gasteiger partial charge in [0.1, 0.15) is 11.8 Å². The molecule has 236 valence electrons. The molecule has 4 atom stereocenters. The second kappa shape index (κ2) is 11.7. The highest BCUT2D eigenvalue weighted by Crippen LogP contribution is 2.59. The van der Waals surface area contributed by atoms with Gasteiger partial charge in [-0.2, -0.15) is 0 Å². The highest BCUT2D eigenvalue weighted by molar-refractivity contribution is 6.30. The molecule has 2 aliphatic heterocycles. The van der Waals surface area contributed by atoms with Crippen molar-refractivity contribution in [2.24, 2.45) is 5.41 Å². The molecule has 2 aliphatic rings. The molecule has 6 rings (SSSR count). The third-order valence-corrected chi connectivity index (χ3v) is 8.82. The Morgan fingerprint density at radius 3 is 2.26 bits per heavy atom. The second-order valence-electron chi connectivity index (χ2n) is 12.9. The van der Waals surface area contributed by atoms with Crippen LogP contribution in [0.4, 0.5) is 5.69 Å². The number of anilines is 1. The van der Waals surface area contributed by atoms with E-state index in [4.69, 9.17) is 16.3 Å². The molecule has 0 aliphatic carbocycles. The molecule has 0 bridgehead atoms. The number of para-hydroxylation sites is 1. The average molecular weight is 638 g/mol. The molecular formula is C37H36ClN3O5. The molecule has 4 aromatic rings. The van der Waals surface area contributed by atoms with E-state index >= 15 is 9.59 Å². The predicted molar refractivity (Wildman–Crippen MR) is 177 cm³/mol. The number of hydrogen-bond donors (Lipinski definition) is 3. The lowest BCUT2D eigenvalue weighted by Crippen LogP contribution is -2.71. The Morgan fingerprint density at radius 1 is 0.935 bits per heavy atom. The SMILES string of the molecule is Cc1ccc2c(c1)C(=O)[C@]1([C@@H](NCc3cccc(Cl)c3)O2)[C@@H](C(=O)NC(C)(C)C)N(c2ccccc2)C(=O)[C@]1(O)c1ccccc1. The molecule has 1 saturated heterocycles.